The number of hydrogen-bond donors (Lipinski definition) is 2. The first kappa shape index (κ1) is 13.9. The van der Waals surface area contributed by atoms with E-state index in [2.05, 4.69) is 5.32 Å². The van der Waals surface area contributed by atoms with Crippen LogP contribution >= 0.6 is 0 Å². The van der Waals surface area contributed by atoms with E-state index in [4.69, 9.17) is 5.11 Å². The largest absolute Gasteiger partial charge is 0.480 e. The SMILES string of the molecule is CCC(NC(=O)C(C)C(C)(C)C)C(=O)O. The molecular formula is C11H21NO3. The van der Waals surface area contributed by atoms with E-state index < -0.39 is 12.0 Å². The molecule has 0 aromatic heterocycles. The van der Waals surface area contributed by atoms with Crippen LogP contribution in [0.1, 0.15) is 41.0 Å². The fraction of sp³-hybridized carbons (Fsp3) is 0.818. The molecule has 0 spiro atoms. The third kappa shape index (κ3) is 4.32. The highest BCUT2D eigenvalue weighted by Crippen LogP contribution is 2.25. The van der Waals surface area contributed by atoms with Gasteiger partial charge in [-0.1, -0.05) is 34.6 Å². The topological polar surface area (TPSA) is 66.4 Å². The van der Waals surface area contributed by atoms with Crippen molar-refractivity contribution in [3.8, 4) is 0 Å². The normalized spacial score (nSPS) is 15.5. The monoisotopic (exact) mass is 215 g/mol. The minimum Gasteiger partial charge on any atom is -0.480 e. The van der Waals surface area contributed by atoms with Crippen molar-refractivity contribution < 1.29 is 14.7 Å². The highest BCUT2D eigenvalue weighted by atomic mass is 16.4. The van der Waals surface area contributed by atoms with Gasteiger partial charge in [0.2, 0.25) is 5.91 Å². The van der Waals surface area contributed by atoms with Crippen molar-refractivity contribution in [2.24, 2.45) is 11.3 Å². The lowest BCUT2D eigenvalue weighted by Crippen LogP contribution is -2.45. The van der Waals surface area contributed by atoms with Crippen LogP contribution in [0.5, 0.6) is 0 Å². The van der Waals surface area contributed by atoms with Crippen molar-refractivity contribution in [1.29, 1.82) is 0 Å². The summed E-state index contributed by atoms with van der Waals surface area (Å²) in [6.45, 7) is 9.42. The van der Waals surface area contributed by atoms with Gasteiger partial charge in [-0.05, 0) is 11.8 Å². The maximum absolute atomic E-state index is 11.7. The van der Waals surface area contributed by atoms with Gasteiger partial charge in [0, 0.05) is 5.92 Å². The van der Waals surface area contributed by atoms with Gasteiger partial charge in [-0.3, -0.25) is 4.79 Å². The molecule has 0 radical (unpaired) electrons. The van der Waals surface area contributed by atoms with Crippen molar-refractivity contribution in [2.75, 3.05) is 0 Å². The van der Waals surface area contributed by atoms with E-state index in [9.17, 15) is 9.59 Å². The summed E-state index contributed by atoms with van der Waals surface area (Å²) < 4.78 is 0. The molecule has 4 nitrogen and oxygen atoms in total. The Morgan fingerprint density at radius 1 is 1.33 bits per heavy atom. The molecule has 0 fully saturated rings. The van der Waals surface area contributed by atoms with Crippen molar-refractivity contribution in [1.82, 2.24) is 5.32 Å². The van der Waals surface area contributed by atoms with Gasteiger partial charge in [0.1, 0.15) is 6.04 Å². The predicted molar refractivity (Wildman–Crippen MR) is 58.5 cm³/mol. The average molecular weight is 215 g/mol. The second-order valence-electron chi connectivity index (χ2n) is 4.90. The molecular weight excluding hydrogens is 194 g/mol. The summed E-state index contributed by atoms with van der Waals surface area (Å²) in [5.41, 5.74) is -0.152. The van der Waals surface area contributed by atoms with Gasteiger partial charge >= 0.3 is 5.97 Å². The molecule has 2 atom stereocenters. The first-order chi connectivity index (χ1) is 6.70. The van der Waals surface area contributed by atoms with Gasteiger partial charge in [0.15, 0.2) is 0 Å². The number of amides is 1. The fourth-order valence-electron chi connectivity index (χ4n) is 1.03. The lowest BCUT2D eigenvalue weighted by molar-refractivity contribution is -0.143. The van der Waals surface area contributed by atoms with Gasteiger partial charge in [-0.2, -0.15) is 0 Å². The van der Waals surface area contributed by atoms with Crippen LogP contribution in [0.2, 0.25) is 0 Å². The van der Waals surface area contributed by atoms with Crippen LogP contribution in [-0.2, 0) is 9.59 Å². The minimum absolute atomic E-state index is 0.152. The zero-order valence-corrected chi connectivity index (χ0v) is 10.1. The zero-order valence-electron chi connectivity index (χ0n) is 10.1. The summed E-state index contributed by atoms with van der Waals surface area (Å²) >= 11 is 0. The van der Waals surface area contributed by atoms with Crippen molar-refractivity contribution in [3.63, 3.8) is 0 Å². The standard InChI is InChI=1S/C11H21NO3/c1-6-8(10(14)15)12-9(13)7(2)11(3,4)5/h7-8H,6H2,1-5H3,(H,12,13)(H,14,15). The summed E-state index contributed by atoms with van der Waals surface area (Å²) in [4.78, 5) is 22.4. The van der Waals surface area contributed by atoms with Crippen LogP contribution in [0.4, 0.5) is 0 Å². The Hall–Kier alpha value is -1.06. The van der Waals surface area contributed by atoms with Crippen LogP contribution in [-0.4, -0.2) is 23.0 Å². The van der Waals surface area contributed by atoms with Gasteiger partial charge in [-0.15, -0.1) is 0 Å². The molecule has 15 heavy (non-hydrogen) atoms. The lowest BCUT2D eigenvalue weighted by Gasteiger charge is -2.27. The van der Waals surface area contributed by atoms with Crippen LogP contribution in [0.15, 0.2) is 0 Å². The first-order valence-electron chi connectivity index (χ1n) is 5.23. The maximum atomic E-state index is 11.7. The molecule has 2 N–H and O–H groups in total. The van der Waals surface area contributed by atoms with Crippen LogP contribution < -0.4 is 5.32 Å². The number of carboxylic acid groups (broad SMARTS) is 1. The smallest absolute Gasteiger partial charge is 0.326 e. The van der Waals surface area contributed by atoms with Gasteiger partial charge in [-0.25, -0.2) is 4.79 Å². The molecule has 0 aliphatic rings. The van der Waals surface area contributed by atoms with E-state index in [1.807, 2.05) is 27.7 Å². The Kier molecular flexibility index (Phi) is 4.78. The van der Waals surface area contributed by atoms with E-state index in [1.54, 1.807) is 6.92 Å². The van der Waals surface area contributed by atoms with E-state index in [1.165, 1.54) is 0 Å². The van der Waals surface area contributed by atoms with Crippen molar-refractivity contribution in [3.05, 3.63) is 0 Å². The van der Waals surface area contributed by atoms with Gasteiger partial charge in [0.25, 0.3) is 0 Å². The molecule has 4 heteroatoms. The zero-order chi connectivity index (χ0) is 12.2. The Labute approximate surface area is 91.1 Å². The van der Waals surface area contributed by atoms with Crippen LogP contribution in [0.25, 0.3) is 0 Å². The Morgan fingerprint density at radius 3 is 2.07 bits per heavy atom. The molecule has 0 saturated heterocycles. The van der Waals surface area contributed by atoms with E-state index >= 15 is 0 Å². The molecule has 0 heterocycles. The predicted octanol–water partition coefficient (Wildman–Crippen LogP) is 1.65. The molecule has 1 amide bonds. The molecule has 0 rings (SSSR count). The Balaban J connectivity index is 4.42. The highest BCUT2D eigenvalue weighted by molar-refractivity contribution is 5.85. The lowest BCUT2D eigenvalue weighted by atomic mass is 9.81. The minimum atomic E-state index is -0.980. The number of hydrogen-bond acceptors (Lipinski definition) is 2. The Morgan fingerprint density at radius 2 is 1.80 bits per heavy atom. The van der Waals surface area contributed by atoms with Crippen LogP contribution in [0, 0.1) is 11.3 Å². The number of aliphatic carboxylic acids is 1. The van der Waals surface area contributed by atoms with Crippen LogP contribution in [0.3, 0.4) is 0 Å². The summed E-state index contributed by atoms with van der Waals surface area (Å²) in [5.74, 6) is -1.38. The molecule has 0 bridgehead atoms. The number of carbonyl (C=O) groups excluding carboxylic acids is 1. The summed E-state index contributed by atoms with van der Waals surface area (Å²) in [5, 5.41) is 11.3. The molecule has 88 valence electrons. The molecule has 0 aliphatic carbocycles. The third-order valence-corrected chi connectivity index (χ3v) is 2.72. The number of carbonyl (C=O) groups is 2. The fourth-order valence-corrected chi connectivity index (χ4v) is 1.03. The van der Waals surface area contributed by atoms with E-state index in [0.29, 0.717) is 6.42 Å². The second kappa shape index (κ2) is 5.14. The highest BCUT2D eigenvalue weighted by Gasteiger charge is 2.29. The summed E-state index contributed by atoms with van der Waals surface area (Å²) in [6, 6.07) is -0.776. The molecule has 0 saturated carbocycles. The molecule has 2 unspecified atom stereocenters. The van der Waals surface area contributed by atoms with Gasteiger partial charge in [0.05, 0.1) is 0 Å². The van der Waals surface area contributed by atoms with E-state index in [-0.39, 0.29) is 17.2 Å². The molecule has 0 aromatic carbocycles. The summed E-state index contributed by atoms with van der Waals surface area (Å²) in [6.07, 6.45) is 0.401. The molecule has 0 aliphatic heterocycles. The average Bonchev–Trinajstić information content (AvgIpc) is 2.10. The number of carboxylic acids is 1. The number of nitrogens with one attached hydrogen (secondary N) is 1. The number of rotatable bonds is 4. The molecule has 0 aromatic rings. The Bertz CT molecular complexity index is 243. The third-order valence-electron chi connectivity index (χ3n) is 2.72. The van der Waals surface area contributed by atoms with Crippen molar-refractivity contribution >= 4 is 11.9 Å². The first-order valence-corrected chi connectivity index (χ1v) is 5.23. The summed E-state index contributed by atoms with van der Waals surface area (Å²) in [7, 11) is 0. The quantitative estimate of drug-likeness (QED) is 0.749. The maximum Gasteiger partial charge on any atom is 0.326 e. The second-order valence-corrected chi connectivity index (χ2v) is 4.90. The van der Waals surface area contributed by atoms with Crippen molar-refractivity contribution in [2.45, 2.75) is 47.1 Å². The van der Waals surface area contributed by atoms with Gasteiger partial charge < -0.3 is 10.4 Å². The van der Waals surface area contributed by atoms with E-state index in [0.717, 1.165) is 0 Å².